The molecule has 1 aromatic heterocycles. The number of hydrogen-bond acceptors (Lipinski definition) is 7. The van der Waals surface area contributed by atoms with Crippen molar-refractivity contribution in [2.24, 2.45) is 5.16 Å². The third kappa shape index (κ3) is 4.81. The highest BCUT2D eigenvalue weighted by Gasteiger charge is 2.22. The first-order chi connectivity index (χ1) is 8.45. The molecule has 0 atom stereocenters. The van der Waals surface area contributed by atoms with Gasteiger partial charge in [-0.2, -0.15) is 0 Å². The zero-order valence-electron chi connectivity index (χ0n) is 9.25. The minimum atomic E-state index is -1.47. The number of hydrogen-bond donors (Lipinski definition) is 2. The van der Waals surface area contributed by atoms with Crippen molar-refractivity contribution < 1.29 is 24.3 Å². The fourth-order valence-electron chi connectivity index (χ4n) is 0.853. The number of nitrogens with one attached hydrogen (secondary N) is 1. The molecule has 0 radical (unpaired) electrons. The molecule has 0 saturated heterocycles. The van der Waals surface area contributed by atoms with Crippen molar-refractivity contribution in [1.82, 2.24) is 4.98 Å². The smallest absolute Gasteiger partial charge is 0.360 e. The van der Waals surface area contributed by atoms with Gasteiger partial charge in [0.1, 0.15) is 10.0 Å². The molecule has 1 aromatic rings. The Labute approximate surface area is 121 Å². The first-order valence-electron chi connectivity index (χ1n) is 4.31. The molecular formula is C8H7Cl2N3O5S. The zero-order chi connectivity index (χ0) is 13.7. The fourth-order valence-corrected chi connectivity index (χ4v) is 1.86. The number of halogens is 2. The molecular weight excluding hydrogens is 321 g/mol. The van der Waals surface area contributed by atoms with Crippen molar-refractivity contribution in [1.29, 1.82) is 0 Å². The van der Waals surface area contributed by atoms with Crippen LogP contribution in [0, 0.1) is 0 Å². The van der Waals surface area contributed by atoms with Crippen LogP contribution in [0.3, 0.4) is 0 Å². The Morgan fingerprint density at radius 2 is 2.21 bits per heavy atom. The highest BCUT2D eigenvalue weighted by Crippen LogP contribution is 2.28. The van der Waals surface area contributed by atoms with Crippen LogP contribution < -0.4 is 5.32 Å². The van der Waals surface area contributed by atoms with Gasteiger partial charge in [-0.15, -0.1) is 12.4 Å². The van der Waals surface area contributed by atoms with Gasteiger partial charge in [-0.1, -0.05) is 28.1 Å². The van der Waals surface area contributed by atoms with Gasteiger partial charge >= 0.3 is 11.9 Å². The number of carboxylic acids is 1. The van der Waals surface area contributed by atoms with Gasteiger partial charge < -0.3 is 15.3 Å². The van der Waals surface area contributed by atoms with Gasteiger partial charge in [-0.05, 0) is 0 Å². The normalized spacial score (nSPS) is 10.3. The lowest BCUT2D eigenvalue weighted by Gasteiger charge is -1.97. The topological polar surface area (TPSA) is 118 Å². The third-order valence-corrected chi connectivity index (χ3v) is 2.65. The second-order valence-electron chi connectivity index (χ2n) is 2.73. The summed E-state index contributed by atoms with van der Waals surface area (Å²) in [5.74, 6) is -2.26. The Bertz CT molecular complexity index is 530. The molecule has 0 aliphatic heterocycles. The standard InChI is InChI=1S/C8H6ClN3O5S.ClH/c1-3(14)17-12-5(7(15)16)4-6(9)18-8(11-4)10-2-13;/h2H,1H3,(H,15,16)(H,10,11,13);1H. The largest absolute Gasteiger partial charge is 0.476 e. The van der Waals surface area contributed by atoms with Gasteiger partial charge in [0.25, 0.3) is 0 Å². The number of nitrogens with zero attached hydrogens (tertiary/aromatic N) is 2. The van der Waals surface area contributed by atoms with Gasteiger partial charge in [0.15, 0.2) is 5.13 Å². The SMILES string of the molecule is CC(=O)ON=C(C(=O)O)c1nc(NC=O)sc1Cl.Cl. The van der Waals surface area contributed by atoms with Crippen molar-refractivity contribution in [3.8, 4) is 0 Å². The first-order valence-corrected chi connectivity index (χ1v) is 5.51. The molecule has 0 aliphatic carbocycles. The van der Waals surface area contributed by atoms with Crippen LogP contribution in [0.15, 0.2) is 5.16 Å². The molecule has 0 bridgehead atoms. The van der Waals surface area contributed by atoms with Crippen molar-refractivity contribution in [3.05, 3.63) is 10.0 Å². The number of oxime groups is 1. The maximum absolute atomic E-state index is 10.9. The van der Waals surface area contributed by atoms with Gasteiger partial charge in [0.05, 0.1) is 0 Å². The highest BCUT2D eigenvalue weighted by atomic mass is 35.5. The van der Waals surface area contributed by atoms with Crippen molar-refractivity contribution >= 4 is 64.5 Å². The van der Waals surface area contributed by atoms with E-state index in [-0.39, 0.29) is 27.6 Å². The number of thiazole rings is 1. The van der Waals surface area contributed by atoms with E-state index in [4.69, 9.17) is 16.7 Å². The Hall–Kier alpha value is -1.71. The quantitative estimate of drug-likeness (QED) is 0.362. The molecule has 19 heavy (non-hydrogen) atoms. The fraction of sp³-hybridized carbons (Fsp3) is 0.125. The lowest BCUT2D eigenvalue weighted by molar-refractivity contribution is -0.141. The van der Waals surface area contributed by atoms with Gasteiger partial charge in [0, 0.05) is 6.92 Å². The van der Waals surface area contributed by atoms with Crippen molar-refractivity contribution in [2.45, 2.75) is 6.92 Å². The maximum atomic E-state index is 10.9. The number of carbonyl (C=O) groups is 3. The minimum Gasteiger partial charge on any atom is -0.476 e. The number of rotatable bonds is 5. The summed E-state index contributed by atoms with van der Waals surface area (Å²) in [7, 11) is 0. The van der Waals surface area contributed by atoms with E-state index < -0.39 is 17.7 Å². The second-order valence-corrected chi connectivity index (χ2v) is 4.33. The van der Waals surface area contributed by atoms with E-state index in [1.54, 1.807) is 0 Å². The van der Waals surface area contributed by atoms with Crippen LogP contribution in [0.2, 0.25) is 4.34 Å². The first kappa shape index (κ1) is 17.3. The Balaban J connectivity index is 0.00000324. The summed E-state index contributed by atoms with van der Waals surface area (Å²) in [5, 5.41) is 14.3. The van der Waals surface area contributed by atoms with Crippen LogP contribution in [-0.2, 0) is 19.2 Å². The molecule has 104 valence electrons. The number of carbonyl (C=O) groups excluding carboxylic acids is 2. The molecule has 1 rings (SSSR count). The summed E-state index contributed by atoms with van der Waals surface area (Å²) >= 11 is 6.60. The van der Waals surface area contributed by atoms with E-state index in [9.17, 15) is 14.4 Å². The molecule has 8 nitrogen and oxygen atoms in total. The molecule has 1 amide bonds. The molecule has 2 N–H and O–H groups in total. The number of aliphatic carboxylic acids is 1. The third-order valence-electron chi connectivity index (χ3n) is 1.46. The van der Waals surface area contributed by atoms with Crippen LogP contribution >= 0.6 is 35.3 Å². The molecule has 0 saturated carbocycles. The van der Waals surface area contributed by atoms with Gasteiger partial charge in [-0.3, -0.25) is 4.79 Å². The Morgan fingerprint density at radius 1 is 1.58 bits per heavy atom. The van der Waals surface area contributed by atoms with Crippen molar-refractivity contribution in [3.63, 3.8) is 0 Å². The molecule has 1 heterocycles. The van der Waals surface area contributed by atoms with E-state index in [1.165, 1.54) is 0 Å². The average Bonchev–Trinajstić information content (AvgIpc) is 2.60. The van der Waals surface area contributed by atoms with Crippen LogP contribution in [0.4, 0.5) is 5.13 Å². The van der Waals surface area contributed by atoms with Crippen molar-refractivity contribution in [2.75, 3.05) is 5.32 Å². The van der Waals surface area contributed by atoms with E-state index in [1.807, 2.05) is 0 Å². The van der Waals surface area contributed by atoms with Crippen LogP contribution in [0.1, 0.15) is 12.6 Å². The predicted molar refractivity (Wildman–Crippen MR) is 70.0 cm³/mol. The molecule has 0 spiro atoms. The minimum absolute atomic E-state index is 0. The lowest BCUT2D eigenvalue weighted by atomic mass is 10.3. The predicted octanol–water partition coefficient (Wildman–Crippen LogP) is 1.14. The number of aromatic nitrogens is 1. The summed E-state index contributed by atoms with van der Waals surface area (Å²) in [6.07, 6.45) is 0.364. The van der Waals surface area contributed by atoms with E-state index >= 15 is 0 Å². The maximum Gasteiger partial charge on any atom is 0.360 e. The molecule has 0 fully saturated rings. The Kier molecular flexibility index (Phi) is 6.98. The number of carboxylic acid groups (broad SMARTS) is 1. The average molecular weight is 328 g/mol. The number of amides is 1. The lowest BCUT2D eigenvalue weighted by Crippen LogP contribution is -2.16. The van der Waals surface area contributed by atoms with E-state index in [2.05, 4.69) is 20.3 Å². The van der Waals surface area contributed by atoms with Gasteiger partial charge in [-0.25, -0.2) is 14.6 Å². The second kappa shape index (κ2) is 7.67. The molecule has 11 heteroatoms. The zero-order valence-corrected chi connectivity index (χ0v) is 11.6. The van der Waals surface area contributed by atoms with Crippen LogP contribution in [0.25, 0.3) is 0 Å². The van der Waals surface area contributed by atoms with E-state index in [0.29, 0.717) is 6.41 Å². The summed E-state index contributed by atoms with van der Waals surface area (Å²) in [6.45, 7) is 1.06. The molecule has 0 unspecified atom stereocenters. The summed E-state index contributed by atoms with van der Waals surface area (Å²) in [6, 6.07) is 0. The summed E-state index contributed by atoms with van der Waals surface area (Å²) < 4.78 is -0.00680. The van der Waals surface area contributed by atoms with Gasteiger partial charge in [0.2, 0.25) is 12.1 Å². The van der Waals surface area contributed by atoms with E-state index in [0.717, 1.165) is 18.3 Å². The number of anilines is 1. The van der Waals surface area contributed by atoms with Crippen LogP contribution in [0.5, 0.6) is 0 Å². The highest BCUT2D eigenvalue weighted by molar-refractivity contribution is 7.20. The van der Waals surface area contributed by atoms with Crippen LogP contribution in [-0.4, -0.2) is 34.2 Å². The molecule has 0 aromatic carbocycles. The Morgan fingerprint density at radius 3 is 2.68 bits per heavy atom. The monoisotopic (exact) mass is 327 g/mol. The summed E-state index contributed by atoms with van der Waals surface area (Å²) in [4.78, 5) is 39.7. The molecule has 0 aliphatic rings. The summed E-state index contributed by atoms with van der Waals surface area (Å²) in [5.41, 5.74) is -0.829.